The number of hydrogen-bond acceptors (Lipinski definition) is 6. The number of esters is 1. The molecule has 28 heavy (non-hydrogen) atoms. The van der Waals surface area contributed by atoms with E-state index in [1.54, 1.807) is 6.07 Å². The highest BCUT2D eigenvalue weighted by molar-refractivity contribution is 5.98. The lowest BCUT2D eigenvalue weighted by Crippen LogP contribution is -2.22. The number of benzene rings is 2. The maximum absolute atomic E-state index is 12.4. The molecule has 0 spiro atoms. The van der Waals surface area contributed by atoms with Gasteiger partial charge in [-0.2, -0.15) is 0 Å². The second kappa shape index (κ2) is 9.64. The molecule has 0 saturated carbocycles. The van der Waals surface area contributed by atoms with E-state index in [9.17, 15) is 9.59 Å². The van der Waals surface area contributed by atoms with Crippen molar-refractivity contribution in [2.24, 2.45) is 0 Å². The normalized spacial score (nSPS) is 10.4. The number of methoxy groups -OCH3 is 3. The van der Waals surface area contributed by atoms with Crippen molar-refractivity contribution in [3.63, 3.8) is 0 Å². The van der Waals surface area contributed by atoms with Crippen molar-refractivity contribution in [2.75, 3.05) is 33.3 Å². The predicted molar refractivity (Wildman–Crippen MR) is 106 cm³/mol. The van der Waals surface area contributed by atoms with Crippen LogP contribution in [0.15, 0.2) is 36.4 Å². The molecule has 0 radical (unpaired) electrons. The van der Waals surface area contributed by atoms with Crippen LogP contribution >= 0.6 is 0 Å². The quantitative estimate of drug-likeness (QED) is 0.697. The molecule has 0 aliphatic carbocycles. The van der Waals surface area contributed by atoms with Gasteiger partial charge < -0.3 is 24.3 Å². The number of ether oxygens (including phenoxy) is 4. The van der Waals surface area contributed by atoms with Gasteiger partial charge in [0.05, 0.1) is 21.3 Å². The Morgan fingerprint density at radius 2 is 1.61 bits per heavy atom. The lowest BCUT2D eigenvalue weighted by Gasteiger charge is -2.15. The van der Waals surface area contributed by atoms with Crippen molar-refractivity contribution >= 4 is 17.6 Å². The third-order valence-electron chi connectivity index (χ3n) is 4.12. The Bertz CT molecular complexity index is 847. The Labute approximate surface area is 164 Å². The van der Waals surface area contributed by atoms with E-state index < -0.39 is 18.5 Å². The highest BCUT2D eigenvalue weighted by atomic mass is 16.5. The van der Waals surface area contributed by atoms with Crippen molar-refractivity contribution in [3.05, 3.63) is 47.5 Å². The minimum Gasteiger partial charge on any atom is -0.493 e. The summed E-state index contributed by atoms with van der Waals surface area (Å²) in [6, 6.07) is 10.6. The molecule has 7 nitrogen and oxygen atoms in total. The van der Waals surface area contributed by atoms with Crippen LogP contribution in [-0.2, 0) is 9.53 Å². The van der Waals surface area contributed by atoms with Crippen molar-refractivity contribution in [2.45, 2.75) is 19.8 Å². The van der Waals surface area contributed by atoms with Crippen LogP contribution in [0.25, 0.3) is 0 Å². The van der Waals surface area contributed by atoms with E-state index in [2.05, 4.69) is 5.32 Å². The summed E-state index contributed by atoms with van der Waals surface area (Å²) in [5, 5.41) is 2.78. The molecular weight excluding hydrogens is 362 g/mol. The van der Waals surface area contributed by atoms with E-state index in [1.807, 2.05) is 38.1 Å². The minimum absolute atomic E-state index is 0.135. The Hall–Kier alpha value is -3.22. The Morgan fingerprint density at radius 3 is 2.21 bits per heavy atom. The van der Waals surface area contributed by atoms with Crippen molar-refractivity contribution in [1.29, 1.82) is 0 Å². The molecule has 0 unspecified atom stereocenters. The first-order valence-corrected chi connectivity index (χ1v) is 8.77. The summed E-state index contributed by atoms with van der Waals surface area (Å²) in [5.41, 5.74) is 1.83. The molecule has 1 amide bonds. The van der Waals surface area contributed by atoms with Gasteiger partial charge >= 0.3 is 5.97 Å². The van der Waals surface area contributed by atoms with E-state index in [4.69, 9.17) is 18.9 Å². The first-order chi connectivity index (χ1) is 13.4. The standard InChI is InChI=1S/C21H25NO6/c1-13(2)14-8-6-7-9-16(14)22-18(23)12-28-21(24)15-10-11-17(25-3)20(27-5)19(15)26-4/h6-11,13H,12H2,1-5H3,(H,22,23). The van der Waals surface area contributed by atoms with Gasteiger partial charge in [-0.05, 0) is 29.7 Å². The smallest absolute Gasteiger partial charge is 0.342 e. The first kappa shape index (κ1) is 21.1. The molecule has 0 saturated heterocycles. The summed E-state index contributed by atoms with van der Waals surface area (Å²) >= 11 is 0. The van der Waals surface area contributed by atoms with Gasteiger partial charge in [0, 0.05) is 5.69 Å². The molecule has 0 fully saturated rings. The van der Waals surface area contributed by atoms with Crippen molar-refractivity contribution in [3.8, 4) is 17.2 Å². The molecule has 0 atom stereocenters. The van der Waals surface area contributed by atoms with Gasteiger partial charge in [0.2, 0.25) is 5.75 Å². The number of rotatable bonds is 8. The van der Waals surface area contributed by atoms with Crippen LogP contribution in [-0.4, -0.2) is 39.8 Å². The molecule has 2 aromatic rings. The van der Waals surface area contributed by atoms with Crippen LogP contribution in [0.4, 0.5) is 5.69 Å². The second-order valence-electron chi connectivity index (χ2n) is 6.25. The van der Waals surface area contributed by atoms with E-state index in [0.717, 1.165) is 5.56 Å². The number of nitrogens with one attached hydrogen (secondary N) is 1. The van der Waals surface area contributed by atoms with Gasteiger partial charge in [-0.25, -0.2) is 4.79 Å². The zero-order valence-corrected chi connectivity index (χ0v) is 16.7. The molecule has 2 aromatic carbocycles. The second-order valence-corrected chi connectivity index (χ2v) is 6.25. The zero-order valence-electron chi connectivity index (χ0n) is 16.7. The number of hydrogen-bond donors (Lipinski definition) is 1. The van der Waals surface area contributed by atoms with E-state index in [-0.39, 0.29) is 23.0 Å². The summed E-state index contributed by atoms with van der Waals surface area (Å²) in [6.45, 7) is 3.64. The highest BCUT2D eigenvalue weighted by Gasteiger charge is 2.22. The number of carbonyl (C=O) groups excluding carboxylic acids is 2. The highest BCUT2D eigenvalue weighted by Crippen LogP contribution is 2.39. The first-order valence-electron chi connectivity index (χ1n) is 8.77. The lowest BCUT2D eigenvalue weighted by atomic mass is 10.0. The fourth-order valence-corrected chi connectivity index (χ4v) is 2.77. The van der Waals surface area contributed by atoms with E-state index in [1.165, 1.54) is 27.4 Å². The fourth-order valence-electron chi connectivity index (χ4n) is 2.77. The average Bonchev–Trinajstić information content (AvgIpc) is 2.70. The van der Waals surface area contributed by atoms with Gasteiger partial charge in [0.25, 0.3) is 5.91 Å². The van der Waals surface area contributed by atoms with Crippen LogP contribution in [0.3, 0.4) is 0 Å². The van der Waals surface area contributed by atoms with Crippen molar-refractivity contribution < 1.29 is 28.5 Å². The maximum atomic E-state index is 12.4. The Balaban J connectivity index is 2.09. The number of amides is 1. The predicted octanol–water partition coefficient (Wildman–Crippen LogP) is 3.63. The lowest BCUT2D eigenvalue weighted by molar-refractivity contribution is -0.119. The van der Waals surface area contributed by atoms with Crippen LogP contribution < -0.4 is 19.5 Å². The Morgan fingerprint density at radius 1 is 0.929 bits per heavy atom. The molecule has 0 aliphatic rings. The summed E-state index contributed by atoms with van der Waals surface area (Å²) in [7, 11) is 4.33. The van der Waals surface area contributed by atoms with Crippen LogP contribution in [0.1, 0.15) is 35.7 Å². The molecule has 0 bridgehead atoms. The molecule has 0 aliphatic heterocycles. The molecule has 0 heterocycles. The fraction of sp³-hybridized carbons (Fsp3) is 0.333. The van der Waals surface area contributed by atoms with Crippen LogP contribution in [0.2, 0.25) is 0 Å². The zero-order chi connectivity index (χ0) is 20.7. The number of carbonyl (C=O) groups is 2. The number of anilines is 1. The van der Waals surface area contributed by atoms with E-state index in [0.29, 0.717) is 11.4 Å². The van der Waals surface area contributed by atoms with Gasteiger partial charge in [-0.3, -0.25) is 4.79 Å². The molecule has 0 aromatic heterocycles. The monoisotopic (exact) mass is 387 g/mol. The average molecular weight is 387 g/mol. The SMILES string of the molecule is COc1ccc(C(=O)OCC(=O)Nc2ccccc2C(C)C)c(OC)c1OC. The topological polar surface area (TPSA) is 83.1 Å². The maximum Gasteiger partial charge on any atom is 0.342 e. The van der Waals surface area contributed by atoms with Gasteiger partial charge in [-0.15, -0.1) is 0 Å². The third-order valence-corrected chi connectivity index (χ3v) is 4.12. The van der Waals surface area contributed by atoms with Crippen LogP contribution in [0, 0.1) is 0 Å². The summed E-state index contributed by atoms with van der Waals surface area (Å²) in [4.78, 5) is 24.7. The molecule has 1 N–H and O–H groups in total. The Kier molecular flexibility index (Phi) is 7.26. The molecule has 150 valence electrons. The van der Waals surface area contributed by atoms with Gasteiger partial charge in [0.1, 0.15) is 5.56 Å². The van der Waals surface area contributed by atoms with Gasteiger partial charge in [-0.1, -0.05) is 32.0 Å². The summed E-state index contributed by atoms with van der Waals surface area (Å²) in [6.07, 6.45) is 0. The number of para-hydroxylation sites is 1. The molecule has 2 rings (SSSR count). The minimum atomic E-state index is -0.704. The molecular formula is C21H25NO6. The van der Waals surface area contributed by atoms with Gasteiger partial charge in [0.15, 0.2) is 18.1 Å². The van der Waals surface area contributed by atoms with E-state index >= 15 is 0 Å². The third kappa shape index (κ3) is 4.73. The molecule has 7 heteroatoms. The van der Waals surface area contributed by atoms with Crippen LogP contribution in [0.5, 0.6) is 17.2 Å². The summed E-state index contributed by atoms with van der Waals surface area (Å²) in [5.74, 6) is -0.0211. The largest absolute Gasteiger partial charge is 0.493 e. The van der Waals surface area contributed by atoms with Crippen molar-refractivity contribution in [1.82, 2.24) is 0 Å². The summed E-state index contributed by atoms with van der Waals surface area (Å²) < 4.78 is 20.9.